The highest BCUT2D eigenvalue weighted by Gasteiger charge is 2.40. The van der Waals surface area contributed by atoms with Crippen molar-refractivity contribution in [1.29, 1.82) is 0 Å². The predicted molar refractivity (Wildman–Crippen MR) is 65.7 cm³/mol. The molecular formula is C13H25NO3. The van der Waals surface area contributed by atoms with E-state index in [2.05, 4.69) is 19.2 Å². The molecule has 0 aromatic carbocycles. The third-order valence-corrected chi connectivity index (χ3v) is 4.01. The highest BCUT2D eigenvalue weighted by molar-refractivity contribution is 4.87. The number of hydrogen-bond donors (Lipinski definition) is 2. The molecule has 0 radical (unpaired) electrons. The number of aliphatic hydroxyl groups excluding tert-OH is 1. The molecule has 4 heteroatoms. The van der Waals surface area contributed by atoms with Crippen LogP contribution in [0.25, 0.3) is 0 Å². The van der Waals surface area contributed by atoms with Gasteiger partial charge in [0.05, 0.1) is 19.8 Å². The molecule has 4 nitrogen and oxygen atoms in total. The van der Waals surface area contributed by atoms with Crippen molar-refractivity contribution < 1.29 is 14.6 Å². The molecule has 0 unspecified atom stereocenters. The number of hydrogen-bond acceptors (Lipinski definition) is 4. The largest absolute Gasteiger partial charge is 0.395 e. The van der Waals surface area contributed by atoms with Crippen molar-refractivity contribution in [2.45, 2.75) is 57.4 Å². The van der Waals surface area contributed by atoms with Gasteiger partial charge in [0.25, 0.3) is 0 Å². The average molecular weight is 243 g/mol. The lowest BCUT2D eigenvalue weighted by Crippen LogP contribution is -2.48. The van der Waals surface area contributed by atoms with Crippen molar-refractivity contribution in [2.24, 2.45) is 5.92 Å². The van der Waals surface area contributed by atoms with Crippen molar-refractivity contribution in [2.75, 3.05) is 19.8 Å². The van der Waals surface area contributed by atoms with Crippen LogP contribution in [0.2, 0.25) is 0 Å². The van der Waals surface area contributed by atoms with Gasteiger partial charge in [0, 0.05) is 24.9 Å². The maximum Gasteiger partial charge on any atom is 0.168 e. The molecule has 1 heterocycles. The lowest BCUT2D eigenvalue weighted by atomic mass is 9.89. The summed E-state index contributed by atoms with van der Waals surface area (Å²) in [6.45, 7) is 5.97. The molecule has 1 aliphatic carbocycles. The Balaban J connectivity index is 1.78. The molecule has 1 saturated carbocycles. The molecule has 17 heavy (non-hydrogen) atoms. The van der Waals surface area contributed by atoms with Gasteiger partial charge in [0.15, 0.2) is 5.79 Å². The molecule has 0 aromatic rings. The van der Waals surface area contributed by atoms with E-state index in [1.807, 2.05) is 0 Å². The van der Waals surface area contributed by atoms with Gasteiger partial charge in [-0.15, -0.1) is 0 Å². The summed E-state index contributed by atoms with van der Waals surface area (Å²) in [7, 11) is 0. The second-order valence-electron chi connectivity index (χ2n) is 5.58. The first-order valence-electron chi connectivity index (χ1n) is 6.80. The second kappa shape index (κ2) is 5.65. The van der Waals surface area contributed by atoms with E-state index in [0.717, 1.165) is 38.9 Å². The van der Waals surface area contributed by atoms with Crippen molar-refractivity contribution in [3.63, 3.8) is 0 Å². The van der Waals surface area contributed by atoms with Crippen LogP contribution in [0.1, 0.15) is 39.5 Å². The zero-order chi connectivity index (χ0) is 12.3. The van der Waals surface area contributed by atoms with Crippen LogP contribution in [0, 0.1) is 5.92 Å². The van der Waals surface area contributed by atoms with Gasteiger partial charge in [-0.05, 0) is 18.8 Å². The summed E-state index contributed by atoms with van der Waals surface area (Å²) in [5, 5.41) is 12.9. The molecule has 1 spiro atoms. The van der Waals surface area contributed by atoms with Crippen LogP contribution < -0.4 is 5.32 Å². The smallest absolute Gasteiger partial charge is 0.168 e. The summed E-state index contributed by atoms with van der Waals surface area (Å²) in [6, 6.07) is 0.701. The Morgan fingerprint density at radius 3 is 2.29 bits per heavy atom. The first-order valence-corrected chi connectivity index (χ1v) is 6.80. The molecule has 0 amide bonds. The molecule has 0 bridgehead atoms. The van der Waals surface area contributed by atoms with Crippen LogP contribution in [-0.4, -0.2) is 42.8 Å². The van der Waals surface area contributed by atoms with Crippen molar-refractivity contribution in [3.05, 3.63) is 0 Å². The maximum absolute atomic E-state index is 9.32. The molecule has 2 aliphatic rings. The molecule has 1 aliphatic heterocycles. The SMILES string of the molecule is CC(C)[C@@H](CO)NC1CCC2(CC1)OCCO2. The first-order chi connectivity index (χ1) is 8.15. The molecule has 0 aromatic heterocycles. The van der Waals surface area contributed by atoms with Gasteiger partial charge < -0.3 is 19.9 Å². The molecule has 2 N–H and O–H groups in total. The summed E-state index contributed by atoms with van der Waals surface area (Å²) in [5.74, 6) is 0.194. The van der Waals surface area contributed by atoms with Gasteiger partial charge >= 0.3 is 0 Å². The van der Waals surface area contributed by atoms with Gasteiger partial charge in [-0.25, -0.2) is 0 Å². The van der Waals surface area contributed by atoms with E-state index in [1.54, 1.807) is 0 Å². The lowest BCUT2D eigenvalue weighted by Gasteiger charge is -2.37. The number of nitrogens with one attached hydrogen (secondary N) is 1. The van der Waals surface area contributed by atoms with E-state index in [9.17, 15) is 5.11 Å². The minimum atomic E-state index is -0.273. The van der Waals surface area contributed by atoms with Gasteiger partial charge in [-0.3, -0.25) is 0 Å². The van der Waals surface area contributed by atoms with E-state index in [0.29, 0.717) is 12.0 Å². The Morgan fingerprint density at radius 1 is 1.24 bits per heavy atom. The van der Waals surface area contributed by atoms with Crippen LogP contribution in [-0.2, 0) is 9.47 Å². The fraction of sp³-hybridized carbons (Fsp3) is 1.00. The Hall–Kier alpha value is -0.160. The summed E-state index contributed by atoms with van der Waals surface area (Å²) in [5.41, 5.74) is 0. The normalized spacial score (nSPS) is 26.8. The highest BCUT2D eigenvalue weighted by Crippen LogP contribution is 2.35. The van der Waals surface area contributed by atoms with Crippen LogP contribution in [0.5, 0.6) is 0 Å². The maximum atomic E-state index is 9.32. The third-order valence-electron chi connectivity index (χ3n) is 4.01. The minimum absolute atomic E-state index is 0.208. The summed E-state index contributed by atoms with van der Waals surface area (Å²) in [6.07, 6.45) is 4.09. The summed E-state index contributed by atoms with van der Waals surface area (Å²) in [4.78, 5) is 0. The van der Waals surface area contributed by atoms with Crippen LogP contribution in [0.15, 0.2) is 0 Å². The summed E-state index contributed by atoms with van der Waals surface area (Å²) < 4.78 is 11.4. The number of rotatable bonds is 4. The molecule has 100 valence electrons. The van der Waals surface area contributed by atoms with Crippen LogP contribution >= 0.6 is 0 Å². The second-order valence-corrected chi connectivity index (χ2v) is 5.58. The molecule has 1 atom stereocenters. The topological polar surface area (TPSA) is 50.7 Å². The zero-order valence-electron chi connectivity index (χ0n) is 10.9. The number of aliphatic hydroxyl groups is 1. The van der Waals surface area contributed by atoms with E-state index in [4.69, 9.17) is 9.47 Å². The fourth-order valence-corrected chi connectivity index (χ4v) is 2.77. The van der Waals surface area contributed by atoms with Gasteiger partial charge in [-0.1, -0.05) is 13.8 Å². The Bertz CT molecular complexity index is 229. The summed E-state index contributed by atoms with van der Waals surface area (Å²) >= 11 is 0. The first kappa shape index (κ1) is 13.3. The van der Waals surface area contributed by atoms with Crippen molar-refractivity contribution in [3.8, 4) is 0 Å². The minimum Gasteiger partial charge on any atom is -0.395 e. The monoisotopic (exact) mass is 243 g/mol. The molecule has 2 fully saturated rings. The fourth-order valence-electron chi connectivity index (χ4n) is 2.77. The molecule has 2 rings (SSSR count). The van der Waals surface area contributed by atoms with Crippen LogP contribution in [0.4, 0.5) is 0 Å². The third kappa shape index (κ3) is 3.19. The molecular weight excluding hydrogens is 218 g/mol. The standard InChI is InChI=1S/C13H25NO3/c1-10(2)12(9-15)14-11-3-5-13(6-4-11)16-7-8-17-13/h10-12,14-15H,3-9H2,1-2H3/t12-/m1/s1. The average Bonchev–Trinajstić information content (AvgIpc) is 2.77. The van der Waals surface area contributed by atoms with Crippen LogP contribution in [0.3, 0.4) is 0 Å². The van der Waals surface area contributed by atoms with E-state index in [-0.39, 0.29) is 18.4 Å². The number of ether oxygens (including phenoxy) is 2. The molecule has 1 saturated heterocycles. The quantitative estimate of drug-likeness (QED) is 0.781. The lowest BCUT2D eigenvalue weighted by molar-refractivity contribution is -0.180. The Labute approximate surface area is 104 Å². The van der Waals surface area contributed by atoms with E-state index < -0.39 is 0 Å². The van der Waals surface area contributed by atoms with Gasteiger partial charge in [0.1, 0.15) is 0 Å². The van der Waals surface area contributed by atoms with Crippen molar-refractivity contribution >= 4 is 0 Å². The Morgan fingerprint density at radius 2 is 1.82 bits per heavy atom. The zero-order valence-corrected chi connectivity index (χ0v) is 10.9. The van der Waals surface area contributed by atoms with E-state index >= 15 is 0 Å². The Kier molecular flexibility index (Phi) is 4.42. The van der Waals surface area contributed by atoms with Gasteiger partial charge in [0.2, 0.25) is 0 Å². The predicted octanol–water partition coefficient (Wildman–Crippen LogP) is 1.28. The van der Waals surface area contributed by atoms with Crippen molar-refractivity contribution in [1.82, 2.24) is 5.32 Å². The highest BCUT2D eigenvalue weighted by atomic mass is 16.7. The van der Waals surface area contributed by atoms with E-state index in [1.165, 1.54) is 0 Å². The van der Waals surface area contributed by atoms with Gasteiger partial charge in [-0.2, -0.15) is 0 Å².